The Bertz CT molecular complexity index is 1230. The molecule has 1 aliphatic heterocycles. The van der Waals surface area contributed by atoms with E-state index in [0.29, 0.717) is 6.54 Å². The summed E-state index contributed by atoms with van der Waals surface area (Å²) in [5, 5.41) is 10.3. The van der Waals surface area contributed by atoms with Crippen molar-refractivity contribution in [3.63, 3.8) is 0 Å². The molecule has 1 unspecified atom stereocenters. The van der Waals surface area contributed by atoms with Crippen LogP contribution in [0, 0.1) is 5.82 Å². The van der Waals surface area contributed by atoms with Gasteiger partial charge in [0.15, 0.2) is 5.65 Å². The van der Waals surface area contributed by atoms with E-state index in [1.807, 2.05) is 24.6 Å². The maximum Gasteiger partial charge on any atom is 0.234 e. The molecule has 4 heterocycles. The summed E-state index contributed by atoms with van der Waals surface area (Å²) in [6.45, 7) is 3.34. The molecule has 5 rings (SSSR count). The first kappa shape index (κ1) is 21.5. The predicted molar refractivity (Wildman–Crippen MR) is 126 cm³/mol. The van der Waals surface area contributed by atoms with Crippen LogP contribution in [-0.2, 0) is 11.8 Å². The van der Waals surface area contributed by atoms with Crippen molar-refractivity contribution in [3.05, 3.63) is 70.6 Å². The van der Waals surface area contributed by atoms with Gasteiger partial charge in [-0.05, 0) is 29.1 Å². The number of amides is 1. The third kappa shape index (κ3) is 4.57. The standard InChI is InChI=1S/C23H24FN7OS/c1-29-22-18(13-27-29)23(26-15-25-22)31-10-8-30(9-11-31)14-20(32)28-21(19-3-2-12-33-19)16-4-6-17(24)7-5-16/h2-7,12-13,15,21H,8-11,14H2,1H3,(H,28,32). The lowest BCUT2D eigenvalue weighted by Gasteiger charge is -2.35. The number of thiophene rings is 1. The van der Waals surface area contributed by atoms with Gasteiger partial charge in [0.1, 0.15) is 18.0 Å². The number of aryl methyl sites for hydroxylation is 1. The van der Waals surface area contributed by atoms with Crippen LogP contribution in [0.25, 0.3) is 11.0 Å². The van der Waals surface area contributed by atoms with Gasteiger partial charge in [0.05, 0.1) is 24.2 Å². The molecule has 170 valence electrons. The quantitative estimate of drug-likeness (QED) is 0.472. The molecule has 1 atom stereocenters. The number of benzene rings is 1. The molecule has 1 fully saturated rings. The minimum atomic E-state index is -0.292. The van der Waals surface area contributed by atoms with Crippen LogP contribution in [0.5, 0.6) is 0 Å². The maximum atomic E-state index is 13.4. The highest BCUT2D eigenvalue weighted by Crippen LogP contribution is 2.27. The fraction of sp³-hybridized carbons (Fsp3) is 0.304. The van der Waals surface area contributed by atoms with Gasteiger partial charge in [-0.15, -0.1) is 11.3 Å². The van der Waals surface area contributed by atoms with Gasteiger partial charge in [-0.1, -0.05) is 18.2 Å². The second-order valence-electron chi connectivity index (χ2n) is 8.03. The second-order valence-corrected chi connectivity index (χ2v) is 9.01. The van der Waals surface area contributed by atoms with E-state index in [1.165, 1.54) is 12.1 Å². The third-order valence-corrected chi connectivity index (χ3v) is 6.82. The van der Waals surface area contributed by atoms with Crippen molar-refractivity contribution in [2.75, 3.05) is 37.6 Å². The number of hydrogen-bond donors (Lipinski definition) is 1. The molecule has 1 N–H and O–H groups in total. The SMILES string of the molecule is Cn1ncc2c(N3CCN(CC(=O)NC(c4ccc(F)cc4)c4cccs4)CC3)ncnc21. The molecule has 1 aliphatic rings. The molecule has 4 aromatic rings. The van der Waals surface area contributed by atoms with Crippen molar-refractivity contribution in [2.45, 2.75) is 6.04 Å². The van der Waals surface area contributed by atoms with E-state index < -0.39 is 0 Å². The molecule has 0 bridgehead atoms. The average Bonchev–Trinajstić information content (AvgIpc) is 3.49. The van der Waals surface area contributed by atoms with Gasteiger partial charge in [-0.2, -0.15) is 5.10 Å². The lowest BCUT2D eigenvalue weighted by Crippen LogP contribution is -2.50. The highest BCUT2D eigenvalue weighted by atomic mass is 32.1. The van der Waals surface area contributed by atoms with Crippen LogP contribution in [0.4, 0.5) is 10.2 Å². The van der Waals surface area contributed by atoms with Gasteiger partial charge < -0.3 is 10.2 Å². The largest absolute Gasteiger partial charge is 0.353 e. The van der Waals surface area contributed by atoms with E-state index in [9.17, 15) is 9.18 Å². The van der Waals surface area contributed by atoms with Crippen LogP contribution >= 0.6 is 11.3 Å². The minimum Gasteiger partial charge on any atom is -0.353 e. The molecule has 0 spiro atoms. The molecular formula is C23H24FN7OS. The lowest BCUT2D eigenvalue weighted by molar-refractivity contribution is -0.122. The molecule has 0 saturated carbocycles. The summed E-state index contributed by atoms with van der Waals surface area (Å²) in [4.78, 5) is 27.1. The first-order chi connectivity index (χ1) is 16.1. The smallest absolute Gasteiger partial charge is 0.234 e. The number of anilines is 1. The van der Waals surface area contributed by atoms with E-state index in [0.717, 1.165) is 53.5 Å². The highest BCUT2D eigenvalue weighted by Gasteiger charge is 2.24. The van der Waals surface area contributed by atoms with Crippen molar-refractivity contribution in [2.24, 2.45) is 7.05 Å². The van der Waals surface area contributed by atoms with Crippen LogP contribution in [0.1, 0.15) is 16.5 Å². The molecule has 1 amide bonds. The fourth-order valence-electron chi connectivity index (χ4n) is 4.16. The summed E-state index contributed by atoms with van der Waals surface area (Å²) in [5.41, 5.74) is 1.67. The summed E-state index contributed by atoms with van der Waals surface area (Å²) in [6, 6.07) is 9.94. The number of piperazine rings is 1. The Morgan fingerprint density at radius 1 is 1.15 bits per heavy atom. The van der Waals surface area contributed by atoms with Crippen molar-refractivity contribution in [1.82, 2.24) is 30.0 Å². The average molecular weight is 466 g/mol. The van der Waals surface area contributed by atoms with Gasteiger partial charge in [0, 0.05) is 38.1 Å². The summed E-state index contributed by atoms with van der Waals surface area (Å²) < 4.78 is 15.1. The number of nitrogens with one attached hydrogen (secondary N) is 1. The third-order valence-electron chi connectivity index (χ3n) is 5.88. The van der Waals surface area contributed by atoms with E-state index in [4.69, 9.17) is 0 Å². The van der Waals surface area contributed by atoms with Crippen LogP contribution in [0.15, 0.2) is 54.3 Å². The van der Waals surface area contributed by atoms with E-state index in [-0.39, 0.29) is 17.8 Å². The number of carbonyl (C=O) groups is 1. The van der Waals surface area contributed by atoms with Crippen molar-refractivity contribution in [3.8, 4) is 0 Å². The first-order valence-electron chi connectivity index (χ1n) is 10.8. The Labute approximate surface area is 194 Å². The van der Waals surface area contributed by atoms with E-state index in [1.54, 1.807) is 40.7 Å². The zero-order valence-electron chi connectivity index (χ0n) is 18.2. The van der Waals surface area contributed by atoms with Gasteiger partial charge in [-0.3, -0.25) is 14.4 Å². The summed E-state index contributed by atoms with van der Waals surface area (Å²) >= 11 is 1.57. The number of aromatic nitrogens is 4. The lowest BCUT2D eigenvalue weighted by atomic mass is 10.1. The van der Waals surface area contributed by atoms with Crippen molar-refractivity contribution >= 4 is 34.1 Å². The second kappa shape index (κ2) is 9.24. The molecule has 0 radical (unpaired) electrons. The first-order valence-corrected chi connectivity index (χ1v) is 11.6. The number of hydrogen-bond acceptors (Lipinski definition) is 7. The Morgan fingerprint density at radius 2 is 1.94 bits per heavy atom. The summed E-state index contributed by atoms with van der Waals surface area (Å²) in [7, 11) is 1.87. The van der Waals surface area contributed by atoms with E-state index in [2.05, 4.69) is 30.2 Å². The van der Waals surface area contributed by atoms with Crippen LogP contribution < -0.4 is 10.2 Å². The summed E-state index contributed by atoms with van der Waals surface area (Å²) in [6.07, 6.45) is 3.37. The molecule has 10 heteroatoms. The monoisotopic (exact) mass is 465 g/mol. The van der Waals surface area contributed by atoms with Crippen LogP contribution in [-0.4, -0.2) is 63.3 Å². The zero-order chi connectivity index (χ0) is 22.8. The molecular weight excluding hydrogens is 441 g/mol. The Morgan fingerprint density at radius 3 is 2.67 bits per heavy atom. The zero-order valence-corrected chi connectivity index (χ0v) is 19.0. The van der Waals surface area contributed by atoms with Crippen molar-refractivity contribution < 1.29 is 9.18 Å². The Hall–Kier alpha value is -3.37. The number of fused-ring (bicyclic) bond motifs is 1. The van der Waals surface area contributed by atoms with Gasteiger partial charge in [0.2, 0.25) is 5.91 Å². The maximum absolute atomic E-state index is 13.4. The molecule has 8 nitrogen and oxygen atoms in total. The number of halogens is 1. The highest BCUT2D eigenvalue weighted by molar-refractivity contribution is 7.10. The number of nitrogens with zero attached hydrogens (tertiary/aromatic N) is 6. The molecule has 3 aromatic heterocycles. The predicted octanol–water partition coefficient (Wildman–Crippen LogP) is 2.59. The summed E-state index contributed by atoms with van der Waals surface area (Å²) in [5.74, 6) is 0.536. The van der Waals surface area contributed by atoms with Crippen molar-refractivity contribution in [1.29, 1.82) is 0 Å². The van der Waals surface area contributed by atoms with Gasteiger partial charge in [-0.25, -0.2) is 14.4 Å². The Balaban J connectivity index is 1.22. The number of rotatable bonds is 6. The topological polar surface area (TPSA) is 79.2 Å². The number of carbonyl (C=O) groups excluding carboxylic acids is 1. The fourth-order valence-corrected chi connectivity index (χ4v) is 4.96. The van der Waals surface area contributed by atoms with Gasteiger partial charge >= 0.3 is 0 Å². The minimum absolute atomic E-state index is 0.0529. The molecule has 1 saturated heterocycles. The molecule has 33 heavy (non-hydrogen) atoms. The molecule has 1 aromatic carbocycles. The normalized spacial score (nSPS) is 15.6. The Kier molecular flexibility index (Phi) is 6.01. The van der Waals surface area contributed by atoms with Gasteiger partial charge in [0.25, 0.3) is 0 Å². The van der Waals surface area contributed by atoms with E-state index >= 15 is 0 Å². The van der Waals surface area contributed by atoms with Crippen LogP contribution in [0.2, 0.25) is 0 Å². The van der Waals surface area contributed by atoms with Crippen LogP contribution in [0.3, 0.4) is 0 Å². The molecule has 0 aliphatic carbocycles.